The SMILES string of the molecule is COc1ccc(CNC(=O)c2cc3n(n2)C[C@](C)(C(=O)NCc2ccccc2)N(C)C3=O)cc1. The Bertz CT molecular complexity index is 1210. The van der Waals surface area contributed by atoms with E-state index in [-0.39, 0.29) is 29.7 Å². The van der Waals surface area contributed by atoms with Crippen LogP contribution in [0.2, 0.25) is 0 Å². The highest BCUT2D eigenvalue weighted by Crippen LogP contribution is 2.26. The lowest BCUT2D eigenvalue weighted by Crippen LogP contribution is -2.62. The molecule has 2 aromatic carbocycles. The highest BCUT2D eigenvalue weighted by molar-refractivity contribution is 6.01. The van der Waals surface area contributed by atoms with Crippen LogP contribution in [0.4, 0.5) is 0 Å². The van der Waals surface area contributed by atoms with Gasteiger partial charge in [-0.15, -0.1) is 0 Å². The van der Waals surface area contributed by atoms with Crippen molar-refractivity contribution in [3.63, 3.8) is 0 Å². The van der Waals surface area contributed by atoms with E-state index in [1.165, 1.54) is 15.6 Å². The van der Waals surface area contributed by atoms with Gasteiger partial charge in [-0.1, -0.05) is 42.5 Å². The van der Waals surface area contributed by atoms with Gasteiger partial charge >= 0.3 is 0 Å². The van der Waals surface area contributed by atoms with E-state index >= 15 is 0 Å². The fourth-order valence-corrected chi connectivity index (χ4v) is 3.82. The van der Waals surface area contributed by atoms with E-state index in [1.54, 1.807) is 21.1 Å². The molecular formula is C25H27N5O4. The molecule has 0 saturated heterocycles. The Morgan fingerprint density at radius 2 is 1.68 bits per heavy atom. The average molecular weight is 462 g/mol. The van der Waals surface area contributed by atoms with E-state index < -0.39 is 11.4 Å². The van der Waals surface area contributed by atoms with Crippen molar-refractivity contribution < 1.29 is 19.1 Å². The molecule has 2 N–H and O–H groups in total. The van der Waals surface area contributed by atoms with Crippen LogP contribution in [0.3, 0.4) is 0 Å². The summed E-state index contributed by atoms with van der Waals surface area (Å²) in [6, 6.07) is 18.3. The molecule has 0 aliphatic carbocycles. The van der Waals surface area contributed by atoms with Crippen LogP contribution in [0.1, 0.15) is 39.0 Å². The minimum Gasteiger partial charge on any atom is -0.497 e. The molecule has 0 radical (unpaired) electrons. The molecule has 3 amide bonds. The number of aromatic nitrogens is 2. The Kier molecular flexibility index (Phi) is 6.36. The van der Waals surface area contributed by atoms with Crippen LogP contribution < -0.4 is 15.4 Å². The summed E-state index contributed by atoms with van der Waals surface area (Å²) in [5.74, 6) is -0.331. The molecule has 3 aromatic rings. The van der Waals surface area contributed by atoms with Crippen molar-refractivity contribution in [3.8, 4) is 5.75 Å². The first-order valence-corrected chi connectivity index (χ1v) is 10.9. The second-order valence-corrected chi connectivity index (χ2v) is 8.41. The molecule has 34 heavy (non-hydrogen) atoms. The molecule has 2 heterocycles. The number of fused-ring (bicyclic) bond motifs is 1. The molecule has 1 aliphatic heterocycles. The van der Waals surface area contributed by atoms with Gasteiger partial charge in [0.25, 0.3) is 11.8 Å². The maximum Gasteiger partial charge on any atom is 0.272 e. The van der Waals surface area contributed by atoms with E-state index in [9.17, 15) is 14.4 Å². The van der Waals surface area contributed by atoms with Crippen LogP contribution in [-0.4, -0.2) is 52.1 Å². The Morgan fingerprint density at radius 3 is 2.35 bits per heavy atom. The zero-order chi connectivity index (χ0) is 24.3. The summed E-state index contributed by atoms with van der Waals surface area (Å²) in [6.45, 7) is 2.48. The summed E-state index contributed by atoms with van der Waals surface area (Å²) in [5.41, 5.74) is 1.10. The molecule has 0 bridgehead atoms. The van der Waals surface area contributed by atoms with Gasteiger partial charge in [0.05, 0.1) is 13.7 Å². The number of benzene rings is 2. The first-order chi connectivity index (χ1) is 16.3. The molecule has 0 unspecified atom stereocenters. The van der Waals surface area contributed by atoms with Crippen molar-refractivity contribution in [1.29, 1.82) is 0 Å². The van der Waals surface area contributed by atoms with Gasteiger partial charge in [-0.25, -0.2) is 0 Å². The number of methoxy groups -OCH3 is 1. The van der Waals surface area contributed by atoms with E-state index in [0.29, 0.717) is 13.1 Å². The van der Waals surface area contributed by atoms with Gasteiger partial charge < -0.3 is 20.3 Å². The van der Waals surface area contributed by atoms with Crippen molar-refractivity contribution in [3.05, 3.63) is 83.2 Å². The normalized spacial score (nSPS) is 17.1. The number of rotatable bonds is 7. The highest BCUT2D eigenvalue weighted by atomic mass is 16.5. The largest absolute Gasteiger partial charge is 0.497 e. The summed E-state index contributed by atoms with van der Waals surface area (Å²) in [6.07, 6.45) is 0. The van der Waals surface area contributed by atoms with Crippen LogP contribution in [0.5, 0.6) is 5.75 Å². The first kappa shape index (κ1) is 23.0. The topological polar surface area (TPSA) is 106 Å². The lowest BCUT2D eigenvalue weighted by molar-refractivity contribution is -0.132. The number of hydrogen-bond donors (Lipinski definition) is 2. The van der Waals surface area contributed by atoms with Crippen molar-refractivity contribution in [2.24, 2.45) is 0 Å². The van der Waals surface area contributed by atoms with Gasteiger partial charge in [0, 0.05) is 26.2 Å². The predicted octanol–water partition coefficient (Wildman–Crippen LogP) is 1.98. The molecule has 176 valence electrons. The van der Waals surface area contributed by atoms with E-state index in [2.05, 4.69) is 15.7 Å². The van der Waals surface area contributed by atoms with Crippen molar-refractivity contribution in [2.75, 3.05) is 14.2 Å². The third-order valence-corrected chi connectivity index (χ3v) is 6.13. The zero-order valence-corrected chi connectivity index (χ0v) is 19.4. The minimum absolute atomic E-state index is 0.124. The van der Waals surface area contributed by atoms with Gasteiger partial charge in [-0.05, 0) is 30.2 Å². The Hall–Kier alpha value is -4.14. The van der Waals surface area contributed by atoms with Crippen LogP contribution >= 0.6 is 0 Å². The van der Waals surface area contributed by atoms with E-state index in [1.807, 2.05) is 54.6 Å². The molecule has 1 aromatic heterocycles. The Labute approximate surface area is 197 Å². The first-order valence-electron chi connectivity index (χ1n) is 10.9. The second kappa shape index (κ2) is 9.38. The minimum atomic E-state index is -1.15. The fourth-order valence-electron chi connectivity index (χ4n) is 3.82. The number of carbonyl (C=O) groups excluding carboxylic acids is 3. The third-order valence-electron chi connectivity index (χ3n) is 6.13. The van der Waals surface area contributed by atoms with E-state index in [0.717, 1.165) is 16.9 Å². The summed E-state index contributed by atoms with van der Waals surface area (Å²) in [7, 11) is 3.18. The fraction of sp³-hybridized carbons (Fsp3) is 0.280. The lowest BCUT2D eigenvalue weighted by atomic mass is 9.96. The van der Waals surface area contributed by atoms with E-state index in [4.69, 9.17) is 4.74 Å². The number of likely N-dealkylation sites (N-methyl/N-ethyl adjacent to an activating group) is 1. The number of nitrogens with one attached hydrogen (secondary N) is 2. The number of nitrogens with zero attached hydrogens (tertiary/aromatic N) is 3. The molecule has 0 spiro atoms. The predicted molar refractivity (Wildman–Crippen MR) is 125 cm³/mol. The molecule has 9 nitrogen and oxygen atoms in total. The molecule has 1 aliphatic rings. The maximum atomic E-state index is 13.1. The van der Waals surface area contributed by atoms with Crippen LogP contribution in [0.15, 0.2) is 60.7 Å². The smallest absolute Gasteiger partial charge is 0.272 e. The standard InChI is InChI=1S/C25H27N5O4/c1-25(24(33)27-15-17-7-5-4-6-8-17)16-30-21(23(32)29(25)2)13-20(28-30)22(31)26-14-18-9-11-19(34-3)12-10-18/h4-13H,14-16H2,1-3H3,(H,26,31)(H,27,33)/t25-/m1/s1. The summed E-state index contributed by atoms with van der Waals surface area (Å²) < 4.78 is 6.57. The molecule has 9 heteroatoms. The van der Waals surface area contributed by atoms with Gasteiger partial charge in [0.15, 0.2) is 5.69 Å². The number of ether oxygens (including phenoxy) is 1. The van der Waals surface area contributed by atoms with Crippen LogP contribution in [0.25, 0.3) is 0 Å². The zero-order valence-electron chi connectivity index (χ0n) is 19.4. The molecule has 4 rings (SSSR count). The summed E-state index contributed by atoms with van der Waals surface area (Å²) in [4.78, 5) is 40.2. The molecule has 1 atom stereocenters. The number of amides is 3. The monoisotopic (exact) mass is 461 g/mol. The van der Waals surface area contributed by atoms with Crippen molar-refractivity contribution >= 4 is 17.7 Å². The Morgan fingerprint density at radius 1 is 1.03 bits per heavy atom. The van der Waals surface area contributed by atoms with Gasteiger partial charge in [0.1, 0.15) is 17.0 Å². The summed E-state index contributed by atoms with van der Waals surface area (Å²) >= 11 is 0. The van der Waals surface area contributed by atoms with Gasteiger partial charge in [0.2, 0.25) is 5.91 Å². The quantitative estimate of drug-likeness (QED) is 0.560. The number of carbonyl (C=O) groups is 3. The Balaban J connectivity index is 1.45. The second-order valence-electron chi connectivity index (χ2n) is 8.41. The van der Waals surface area contributed by atoms with Crippen LogP contribution in [-0.2, 0) is 24.4 Å². The maximum absolute atomic E-state index is 13.1. The average Bonchev–Trinajstić information content (AvgIpc) is 3.29. The van der Waals surface area contributed by atoms with Gasteiger partial charge in [-0.2, -0.15) is 5.10 Å². The molecule has 0 fully saturated rings. The van der Waals surface area contributed by atoms with Crippen molar-refractivity contribution in [1.82, 2.24) is 25.3 Å². The van der Waals surface area contributed by atoms with Crippen LogP contribution in [0, 0.1) is 0 Å². The molecule has 0 saturated carbocycles. The highest BCUT2D eigenvalue weighted by Gasteiger charge is 2.46. The third kappa shape index (κ3) is 4.50. The lowest BCUT2D eigenvalue weighted by Gasteiger charge is -2.40. The van der Waals surface area contributed by atoms with Gasteiger partial charge in [-0.3, -0.25) is 19.1 Å². The number of hydrogen-bond acceptors (Lipinski definition) is 5. The summed E-state index contributed by atoms with van der Waals surface area (Å²) in [5, 5.41) is 10.0. The molecular weight excluding hydrogens is 434 g/mol. The van der Waals surface area contributed by atoms with Crippen molar-refractivity contribution in [2.45, 2.75) is 32.1 Å².